The summed E-state index contributed by atoms with van der Waals surface area (Å²) in [5.41, 5.74) is 3.05. The monoisotopic (exact) mass is 551 g/mol. The minimum atomic E-state index is -0.592. The number of carbonyl (C=O) groups excluding carboxylic acids is 3. The van der Waals surface area contributed by atoms with Gasteiger partial charge < -0.3 is 9.64 Å². The molecule has 38 heavy (non-hydrogen) atoms. The van der Waals surface area contributed by atoms with Crippen LogP contribution in [0.1, 0.15) is 78.0 Å². The molecule has 6 aliphatic rings. The van der Waals surface area contributed by atoms with Crippen LogP contribution in [0.3, 0.4) is 0 Å². The van der Waals surface area contributed by atoms with Crippen molar-refractivity contribution in [1.82, 2.24) is 15.2 Å². The van der Waals surface area contributed by atoms with Gasteiger partial charge in [0, 0.05) is 28.8 Å². The van der Waals surface area contributed by atoms with Gasteiger partial charge >= 0.3 is 0 Å². The molecule has 1 aromatic heterocycles. The highest BCUT2D eigenvalue weighted by atomic mass is 32.2. The topological polar surface area (TPSA) is 88.6 Å². The number of aromatic nitrogens is 1. The summed E-state index contributed by atoms with van der Waals surface area (Å²) in [6, 6.07) is 5.17. The van der Waals surface area contributed by atoms with Gasteiger partial charge in [-0.05, 0) is 85.8 Å². The molecule has 1 N–H and O–H groups in total. The normalized spacial score (nSPS) is 31.7. The third-order valence-electron chi connectivity index (χ3n) is 9.31. The van der Waals surface area contributed by atoms with E-state index in [2.05, 4.69) is 10.7 Å². The van der Waals surface area contributed by atoms with Gasteiger partial charge in [-0.15, -0.1) is 23.1 Å². The fourth-order valence-corrected chi connectivity index (χ4v) is 10.0. The Morgan fingerprint density at radius 3 is 2.61 bits per heavy atom. The lowest BCUT2D eigenvalue weighted by Crippen LogP contribution is -2.52. The van der Waals surface area contributed by atoms with Crippen LogP contribution >= 0.6 is 23.1 Å². The highest BCUT2D eigenvalue weighted by molar-refractivity contribution is 7.98. The number of amides is 3. The van der Waals surface area contributed by atoms with Crippen LogP contribution in [-0.2, 0) is 33.2 Å². The van der Waals surface area contributed by atoms with Crippen LogP contribution < -0.4 is 5.32 Å². The van der Waals surface area contributed by atoms with Crippen LogP contribution in [0.5, 0.6) is 0 Å². The first-order valence-electron chi connectivity index (χ1n) is 13.8. The van der Waals surface area contributed by atoms with Crippen molar-refractivity contribution in [2.75, 3.05) is 6.61 Å². The van der Waals surface area contributed by atoms with E-state index < -0.39 is 6.04 Å². The Morgan fingerprint density at radius 2 is 1.87 bits per heavy atom. The van der Waals surface area contributed by atoms with Crippen molar-refractivity contribution in [2.24, 2.45) is 23.2 Å². The largest absolute Gasteiger partial charge is 0.375 e. The molecule has 3 heterocycles. The Balaban J connectivity index is 0.949. The fraction of sp³-hybridized carbons (Fsp3) is 0.586. The zero-order valence-electron chi connectivity index (χ0n) is 21.4. The van der Waals surface area contributed by atoms with E-state index in [1.807, 2.05) is 18.2 Å². The van der Waals surface area contributed by atoms with Gasteiger partial charge in [0.2, 0.25) is 11.8 Å². The number of carbonyl (C=O) groups is 3. The zero-order chi connectivity index (χ0) is 25.9. The lowest BCUT2D eigenvalue weighted by Gasteiger charge is -2.56. The Morgan fingerprint density at radius 1 is 1.11 bits per heavy atom. The molecule has 1 unspecified atom stereocenters. The Bertz CT molecular complexity index is 1260. The van der Waals surface area contributed by atoms with Crippen molar-refractivity contribution < 1.29 is 19.1 Å². The molecule has 0 radical (unpaired) electrons. The number of hydrogen-bond donors (Lipinski definition) is 1. The van der Waals surface area contributed by atoms with Gasteiger partial charge in [-0.3, -0.25) is 19.7 Å². The Labute approximate surface area is 231 Å². The SMILES string of the molecule is O=C1CCC(N2Cc3c(SCc4nc(COCC56CC7CC(CC(C7)C5)C6)cs4)cccc3C2=O)C(=O)N1. The van der Waals surface area contributed by atoms with Crippen molar-refractivity contribution in [3.63, 3.8) is 0 Å². The molecule has 4 saturated carbocycles. The summed E-state index contributed by atoms with van der Waals surface area (Å²) >= 11 is 3.34. The first-order chi connectivity index (χ1) is 18.4. The molecule has 0 spiro atoms. The van der Waals surface area contributed by atoms with Gasteiger partial charge in [0.05, 0.1) is 24.7 Å². The van der Waals surface area contributed by atoms with Crippen molar-refractivity contribution in [2.45, 2.75) is 81.2 Å². The van der Waals surface area contributed by atoms with Crippen molar-refractivity contribution >= 4 is 40.8 Å². The summed E-state index contributed by atoms with van der Waals surface area (Å²) in [5, 5.41) is 5.53. The number of ether oxygens (including phenoxy) is 1. The second-order valence-electron chi connectivity index (χ2n) is 12.1. The van der Waals surface area contributed by atoms with E-state index in [1.54, 1.807) is 28.0 Å². The van der Waals surface area contributed by atoms with E-state index in [-0.39, 0.29) is 24.1 Å². The lowest BCUT2D eigenvalue weighted by atomic mass is 9.50. The number of piperidine rings is 1. The predicted molar refractivity (Wildman–Crippen MR) is 144 cm³/mol. The number of nitrogens with one attached hydrogen (secondary N) is 1. The third-order valence-corrected chi connectivity index (χ3v) is 11.5. The maximum absolute atomic E-state index is 13.1. The second kappa shape index (κ2) is 9.75. The van der Waals surface area contributed by atoms with Crippen LogP contribution in [0, 0.1) is 23.2 Å². The molecule has 1 atom stereocenters. The van der Waals surface area contributed by atoms with E-state index in [1.165, 1.54) is 38.5 Å². The van der Waals surface area contributed by atoms with E-state index in [9.17, 15) is 14.4 Å². The quantitative estimate of drug-likeness (QED) is 0.370. The highest BCUT2D eigenvalue weighted by Gasteiger charge is 2.51. The molecule has 200 valence electrons. The van der Waals surface area contributed by atoms with E-state index >= 15 is 0 Å². The van der Waals surface area contributed by atoms with Gasteiger partial charge in [-0.2, -0.15) is 0 Å². The van der Waals surface area contributed by atoms with Crippen LogP contribution in [0.25, 0.3) is 0 Å². The lowest BCUT2D eigenvalue weighted by molar-refractivity contribution is -0.136. The number of imide groups is 1. The molecule has 2 aliphatic heterocycles. The number of hydrogen-bond acceptors (Lipinski definition) is 7. The zero-order valence-corrected chi connectivity index (χ0v) is 23.1. The van der Waals surface area contributed by atoms with Crippen molar-refractivity contribution in [1.29, 1.82) is 0 Å². The average molecular weight is 552 g/mol. The van der Waals surface area contributed by atoms with Crippen LogP contribution in [0.2, 0.25) is 0 Å². The van der Waals surface area contributed by atoms with Crippen LogP contribution in [-0.4, -0.2) is 40.3 Å². The van der Waals surface area contributed by atoms with Crippen LogP contribution in [0.4, 0.5) is 0 Å². The fourth-order valence-electron chi connectivity index (χ4n) is 8.15. The summed E-state index contributed by atoms with van der Waals surface area (Å²) in [5.74, 6) is 2.77. The number of benzene rings is 1. The maximum Gasteiger partial charge on any atom is 0.255 e. The summed E-state index contributed by atoms with van der Waals surface area (Å²) in [7, 11) is 0. The molecule has 3 amide bonds. The molecule has 7 nitrogen and oxygen atoms in total. The molecule has 4 aliphatic carbocycles. The minimum absolute atomic E-state index is 0.135. The van der Waals surface area contributed by atoms with Gasteiger partial charge in [-0.1, -0.05) is 6.07 Å². The molecular formula is C29H33N3O4S2. The molecule has 1 saturated heterocycles. The average Bonchev–Trinajstić information content (AvgIpc) is 3.46. The second-order valence-corrected chi connectivity index (χ2v) is 14.1. The van der Waals surface area contributed by atoms with E-state index in [0.29, 0.717) is 30.6 Å². The molecule has 8 rings (SSSR count). The summed E-state index contributed by atoms with van der Waals surface area (Å²) in [6.45, 7) is 1.86. The van der Waals surface area contributed by atoms with Crippen molar-refractivity contribution in [3.05, 3.63) is 45.4 Å². The molecule has 5 fully saturated rings. The van der Waals surface area contributed by atoms with Crippen LogP contribution in [0.15, 0.2) is 28.5 Å². The Hall–Kier alpha value is -2.23. The maximum atomic E-state index is 13.1. The van der Waals surface area contributed by atoms with Gasteiger partial charge in [0.1, 0.15) is 11.0 Å². The Kier molecular flexibility index (Phi) is 6.36. The van der Waals surface area contributed by atoms with Crippen molar-refractivity contribution in [3.8, 4) is 0 Å². The molecule has 2 aromatic rings. The summed E-state index contributed by atoms with van der Waals surface area (Å²) in [4.78, 5) is 44.5. The van der Waals surface area contributed by atoms with E-state index in [0.717, 1.165) is 51.3 Å². The number of fused-ring (bicyclic) bond motifs is 1. The number of thiazole rings is 1. The van der Waals surface area contributed by atoms with Gasteiger partial charge in [0.15, 0.2) is 0 Å². The number of rotatable bonds is 8. The standard InChI is InChI=1S/C29H33N3O4S2/c33-25-5-4-23(27(34)31-25)32-12-22-21(28(32)35)2-1-3-24(22)37-15-26-30-20(14-38-26)13-36-16-29-9-17-6-18(10-29)8-19(7-17)11-29/h1-3,14,17-19,23H,4-13,15-16H2,(H,31,33,34). The first-order valence-corrected chi connectivity index (χ1v) is 15.7. The van der Waals surface area contributed by atoms with Gasteiger partial charge in [0.25, 0.3) is 5.91 Å². The van der Waals surface area contributed by atoms with E-state index in [4.69, 9.17) is 9.72 Å². The first kappa shape index (κ1) is 24.8. The molecule has 4 bridgehead atoms. The predicted octanol–water partition coefficient (Wildman–Crippen LogP) is 4.93. The van der Waals surface area contributed by atoms with Gasteiger partial charge in [-0.25, -0.2) is 4.98 Å². The molecule has 9 heteroatoms. The smallest absolute Gasteiger partial charge is 0.255 e. The molecule has 1 aromatic carbocycles. The number of nitrogens with zero attached hydrogens (tertiary/aromatic N) is 2. The number of thioether (sulfide) groups is 1. The third kappa shape index (κ3) is 4.60. The summed E-state index contributed by atoms with van der Waals surface area (Å²) in [6.07, 6.45) is 9.10. The highest BCUT2D eigenvalue weighted by Crippen LogP contribution is 2.60. The molecular weight excluding hydrogens is 518 g/mol. The summed E-state index contributed by atoms with van der Waals surface area (Å²) < 4.78 is 6.28. The minimum Gasteiger partial charge on any atom is -0.375 e.